The molecule has 7 heteroatoms. The van der Waals surface area contributed by atoms with Crippen LogP contribution in [0.15, 0.2) is 34.9 Å². The summed E-state index contributed by atoms with van der Waals surface area (Å²) < 4.78 is 11.6. The second-order valence-corrected chi connectivity index (χ2v) is 9.98. The Morgan fingerprint density at radius 2 is 1.86 bits per heavy atom. The number of hydrogen-bond acceptors (Lipinski definition) is 5. The van der Waals surface area contributed by atoms with Gasteiger partial charge in [-0.05, 0) is 45.0 Å². The van der Waals surface area contributed by atoms with Gasteiger partial charge in [0.25, 0.3) is 0 Å². The molecule has 2 aromatic rings. The number of nitrogens with zero attached hydrogens (tertiary/aromatic N) is 2. The number of carbonyl (C=O) groups excluding carboxylic acids is 1. The van der Waals surface area contributed by atoms with Gasteiger partial charge in [0.15, 0.2) is 5.82 Å². The van der Waals surface area contributed by atoms with Crippen LogP contribution in [0.4, 0.5) is 11.5 Å². The van der Waals surface area contributed by atoms with Gasteiger partial charge in [-0.25, -0.2) is 0 Å². The molecule has 158 valence electrons. The van der Waals surface area contributed by atoms with Crippen molar-refractivity contribution in [2.24, 2.45) is 0 Å². The van der Waals surface area contributed by atoms with E-state index in [1.807, 2.05) is 65.8 Å². The molecule has 29 heavy (non-hydrogen) atoms. The molecule has 0 aliphatic carbocycles. The molecule has 1 N–H and O–H groups in total. The molecule has 1 fully saturated rings. The van der Waals surface area contributed by atoms with Crippen LogP contribution in [-0.4, -0.2) is 35.4 Å². The van der Waals surface area contributed by atoms with E-state index in [-0.39, 0.29) is 29.1 Å². The minimum atomic E-state index is -0.377. The third kappa shape index (κ3) is 5.52. The van der Waals surface area contributed by atoms with Gasteiger partial charge in [0.1, 0.15) is 11.8 Å². The Balaban J connectivity index is 1.79. The van der Waals surface area contributed by atoms with Crippen LogP contribution in [0, 0.1) is 0 Å². The molecule has 0 bridgehead atoms. The molecule has 1 aromatic heterocycles. The average Bonchev–Trinajstić information content (AvgIpc) is 3.21. The highest BCUT2D eigenvalue weighted by molar-refractivity contribution is 6.30. The fourth-order valence-electron chi connectivity index (χ4n) is 3.45. The van der Waals surface area contributed by atoms with E-state index in [9.17, 15) is 4.79 Å². The van der Waals surface area contributed by atoms with Crippen molar-refractivity contribution in [3.8, 4) is 0 Å². The lowest BCUT2D eigenvalue weighted by atomic mass is 9.93. The quantitative estimate of drug-likeness (QED) is 0.752. The first-order chi connectivity index (χ1) is 13.4. The predicted octanol–water partition coefficient (Wildman–Crippen LogP) is 5.03. The Kier molecular flexibility index (Phi) is 5.97. The fourth-order valence-corrected chi connectivity index (χ4v) is 3.57. The van der Waals surface area contributed by atoms with Gasteiger partial charge < -0.3 is 19.5 Å². The normalized spacial score (nSPS) is 20.2. The molecular formula is C22H30ClN3O3. The van der Waals surface area contributed by atoms with E-state index < -0.39 is 0 Å². The van der Waals surface area contributed by atoms with Crippen LogP contribution in [0.3, 0.4) is 0 Å². The van der Waals surface area contributed by atoms with Gasteiger partial charge in [0, 0.05) is 35.2 Å². The van der Waals surface area contributed by atoms with Gasteiger partial charge in [-0.1, -0.05) is 37.5 Å². The van der Waals surface area contributed by atoms with Gasteiger partial charge in [0.2, 0.25) is 5.91 Å². The standard InChI is InChI=1S/C22H30ClN3O3/c1-21(2,3)18-12-19(25-29-18)24-20(27)17-11-16(28-22(4,5)6)13-26(17)15-9-7-14(23)8-10-15/h7-10,12,16-17H,11,13H2,1-6H3,(H,24,25,27)/t16-,17+/m1/s1. The summed E-state index contributed by atoms with van der Waals surface area (Å²) in [6.45, 7) is 12.8. The molecule has 3 rings (SSSR count). The van der Waals surface area contributed by atoms with Crippen molar-refractivity contribution in [1.29, 1.82) is 0 Å². The van der Waals surface area contributed by atoms with Gasteiger partial charge in [-0.15, -0.1) is 0 Å². The molecule has 1 amide bonds. The number of nitrogens with one attached hydrogen (secondary N) is 1. The molecule has 0 saturated carbocycles. The van der Waals surface area contributed by atoms with Crippen LogP contribution < -0.4 is 10.2 Å². The number of hydrogen-bond donors (Lipinski definition) is 1. The third-order valence-corrected chi connectivity index (χ3v) is 5.00. The number of ether oxygens (including phenoxy) is 1. The first-order valence-electron chi connectivity index (χ1n) is 9.90. The summed E-state index contributed by atoms with van der Waals surface area (Å²) in [7, 11) is 0. The van der Waals surface area contributed by atoms with Crippen molar-refractivity contribution in [3.05, 3.63) is 41.1 Å². The van der Waals surface area contributed by atoms with E-state index >= 15 is 0 Å². The van der Waals surface area contributed by atoms with Gasteiger partial charge in [0.05, 0.1) is 11.7 Å². The molecule has 1 aliphatic heterocycles. The summed E-state index contributed by atoms with van der Waals surface area (Å²) >= 11 is 6.04. The van der Waals surface area contributed by atoms with Gasteiger partial charge >= 0.3 is 0 Å². The second-order valence-electron chi connectivity index (χ2n) is 9.55. The Bertz CT molecular complexity index is 849. The van der Waals surface area contributed by atoms with E-state index in [1.165, 1.54) is 0 Å². The van der Waals surface area contributed by atoms with Crippen molar-refractivity contribution in [2.75, 3.05) is 16.8 Å². The summed E-state index contributed by atoms with van der Waals surface area (Å²) in [6.07, 6.45) is 0.541. The lowest BCUT2D eigenvalue weighted by Gasteiger charge is -2.26. The van der Waals surface area contributed by atoms with Gasteiger partial charge in [-0.3, -0.25) is 4.79 Å². The number of aromatic nitrogens is 1. The van der Waals surface area contributed by atoms with Crippen LogP contribution in [0.2, 0.25) is 5.02 Å². The number of rotatable bonds is 4. The monoisotopic (exact) mass is 419 g/mol. The van der Waals surface area contributed by atoms with E-state index in [2.05, 4.69) is 15.4 Å². The summed E-state index contributed by atoms with van der Waals surface area (Å²) in [5.74, 6) is 1.02. The van der Waals surface area contributed by atoms with Crippen LogP contribution in [0.25, 0.3) is 0 Å². The zero-order valence-corrected chi connectivity index (χ0v) is 18.7. The molecule has 2 atom stereocenters. The zero-order valence-electron chi connectivity index (χ0n) is 18.0. The highest BCUT2D eigenvalue weighted by atomic mass is 35.5. The Labute approximate surface area is 177 Å². The molecule has 1 aliphatic rings. The maximum atomic E-state index is 13.1. The first-order valence-corrected chi connectivity index (χ1v) is 10.3. The van der Waals surface area contributed by atoms with Crippen molar-refractivity contribution >= 4 is 29.0 Å². The minimum absolute atomic E-state index is 0.0520. The largest absolute Gasteiger partial charge is 0.371 e. The van der Waals surface area contributed by atoms with Crippen LogP contribution in [0.5, 0.6) is 0 Å². The molecule has 6 nitrogen and oxygen atoms in total. The van der Waals surface area contributed by atoms with Crippen molar-refractivity contribution < 1.29 is 14.1 Å². The molecular weight excluding hydrogens is 390 g/mol. The smallest absolute Gasteiger partial charge is 0.248 e. The van der Waals surface area contributed by atoms with E-state index in [4.69, 9.17) is 20.9 Å². The van der Waals surface area contributed by atoms with Gasteiger partial charge in [-0.2, -0.15) is 0 Å². The number of anilines is 2. The molecule has 0 spiro atoms. The van der Waals surface area contributed by atoms with Crippen LogP contribution in [-0.2, 0) is 14.9 Å². The number of amides is 1. The lowest BCUT2D eigenvalue weighted by molar-refractivity contribution is -0.118. The Morgan fingerprint density at radius 3 is 2.41 bits per heavy atom. The van der Waals surface area contributed by atoms with E-state index in [0.29, 0.717) is 23.8 Å². The number of carbonyl (C=O) groups is 1. The molecule has 0 unspecified atom stereocenters. The summed E-state index contributed by atoms with van der Waals surface area (Å²) in [5.41, 5.74) is 0.477. The molecule has 1 aromatic carbocycles. The van der Waals surface area contributed by atoms with E-state index in [0.717, 1.165) is 11.4 Å². The third-order valence-electron chi connectivity index (χ3n) is 4.74. The SMILES string of the molecule is CC(C)(C)O[C@@H]1C[C@@H](C(=O)Nc2cc(C(C)(C)C)on2)N(c2ccc(Cl)cc2)C1. The maximum Gasteiger partial charge on any atom is 0.248 e. The summed E-state index contributed by atoms with van der Waals surface area (Å²) in [6, 6.07) is 8.92. The minimum Gasteiger partial charge on any atom is -0.371 e. The first kappa shape index (κ1) is 21.7. The molecule has 1 saturated heterocycles. The highest BCUT2D eigenvalue weighted by Gasteiger charge is 2.39. The van der Waals surface area contributed by atoms with E-state index in [1.54, 1.807) is 6.07 Å². The van der Waals surface area contributed by atoms with Crippen LogP contribution >= 0.6 is 11.6 Å². The Morgan fingerprint density at radius 1 is 1.21 bits per heavy atom. The molecule has 2 heterocycles. The Hall–Kier alpha value is -2.05. The maximum absolute atomic E-state index is 13.1. The number of benzene rings is 1. The summed E-state index contributed by atoms with van der Waals surface area (Å²) in [5, 5.41) is 7.57. The predicted molar refractivity (Wildman–Crippen MR) is 116 cm³/mol. The van der Waals surface area contributed by atoms with Crippen molar-refractivity contribution in [3.63, 3.8) is 0 Å². The molecule has 0 radical (unpaired) electrons. The fraction of sp³-hybridized carbons (Fsp3) is 0.545. The average molecular weight is 420 g/mol. The van der Waals surface area contributed by atoms with Crippen molar-refractivity contribution in [1.82, 2.24) is 5.16 Å². The zero-order chi connectivity index (χ0) is 21.4. The highest BCUT2D eigenvalue weighted by Crippen LogP contribution is 2.31. The lowest BCUT2D eigenvalue weighted by Crippen LogP contribution is -2.39. The topological polar surface area (TPSA) is 67.6 Å². The summed E-state index contributed by atoms with van der Waals surface area (Å²) in [4.78, 5) is 15.2. The van der Waals surface area contributed by atoms with Crippen molar-refractivity contribution in [2.45, 2.75) is 71.1 Å². The van der Waals surface area contributed by atoms with Crippen LogP contribution in [0.1, 0.15) is 53.7 Å². The second kappa shape index (κ2) is 8.00. The number of halogens is 1.